The van der Waals surface area contributed by atoms with Gasteiger partial charge in [-0.2, -0.15) is 0 Å². The van der Waals surface area contributed by atoms with Gasteiger partial charge in [-0.15, -0.1) is 12.4 Å². The standard InChI is InChI=1S/C9H13NO2S.ClH/c1-13(11,12)9-4-2-3-8(7-9)5-6-10;/h2-4,7H,5-6,10H2,1H3;1H. The predicted octanol–water partition coefficient (Wildman–Crippen LogP) is 1.01. The second kappa shape index (κ2) is 5.34. The van der Waals surface area contributed by atoms with Crippen LogP contribution in [0.4, 0.5) is 0 Å². The number of halogens is 1. The molecule has 0 saturated carbocycles. The van der Waals surface area contributed by atoms with Crippen molar-refractivity contribution < 1.29 is 8.42 Å². The Morgan fingerprint density at radius 3 is 2.50 bits per heavy atom. The van der Waals surface area contributed by atoms with Crippen LogP contribution in [-0.2, 0) is 16.3 Å². The summed E-state index contributed by atoms with van der Waals surface area (Å²) in [5, 5.41) is 0. The predicted molar refractivity (Wildman–Crippen MR) is 59.6 cm³/mol. The van der Waals surface area contributed by atoms with Gasteiger partial charge in [0, 0.05) is 6.26 Å². The van der Waals surface area contributed by atoms with Crippen LogP contribution in [0.1, 0.15) is 5.56 Å². The molecule has 0 atom stereocenters. The zero-order chi connectivity index (χ0) is 9.90. The second-order valence-corrected chi connectivity index (χ2v) is 4.97. The molecule has 0 saturated heterocycles. The summed E-state index contributed by atoms with van der Waals surface area (Å²) < 4.78 is 22.3. The summed E-state index contributed by atoms with van der Waals surface area (Å²) in [5.74, 6) is 0. The Balaban J connectivity index is 0.00000169. The summed E-state index contributed by atoms with van der Waals surface area (Å²) in [6.45, 7) is 0.535. The molecule has 0 bridgehead atoms. The first-order chi connectivity index (χ1) is 6.04. The van der Waals surface area contributed by atoms with Gasteiger partial charge in [0.2, 0.25) is 0 Å². The second-order valence-electron chi connectivity index (χ2n) is 2.96. The molecule has 0 aliphatic rings. The van der Waals surface area contributed by atoms with Gasteiger partial charge in [-0.05, 0) is 30.7 Å². The van der Waals surface area contributed by atoms with Crippen LogP contribution in [0.3, 0.4) is 0 Å². The van der Waals surface area contributed by atoms with Crippen molar-refractivity contribution in [2.45, 2.75) is 11.3 Å². The van der Waals surface area contributed by atoms with Crippen LogP contribution in [0.25, 0.3) is 0 Å². The third-order valence-electron chi connectivity index (χ3n) is 1.76. The Kier molecular flexibility index (Phi) is 5.12. The molecule has 0 spiro atoms. The lowest BCUT2D eigenvalue weighted by Crippen LogP contribution is -2.04. The molecule has 0 fully saturated rings. The fourth-order valence-corrected chi connectivity index (χ4v) is 1.79. The van der Waals surface area contributed by atoms with E-state index in [9.17, 15) is 8.42 Å². The molecule has 0 aromatic heterocycles. The zero-order valence-electron chi connectivity index (χ0n) is 7.93. The van der Waals surface area contributed by atoms with E-state index in [0.29, 0.717) is 17.9 Å². The summed E-state index contributed by atoms with van der Waals surface area (Å²) in [5.41, 5.74) is 6.33. The fourth-order valence-electron chi connectivity index (χ4n) is 1.10. The summed E-state index contributed by atoms with van der Waals surface area (Å²) in [7, 11) is -3.08. The Hall–Kier alpha value is -0.580. The molecule has 0 aliphatic carbocycles. The van der Waals surface area contributed by atoms with Crippen molar-refractivity contribution in [1.29, 1.82) is 0 Å². The van der Waals surface area contributed by atoms with Crippen LogP contribution in [0.15, 0.2) is 29.2 Å². The molecule has 5 heteroatoms. The van der Waals surface area contributed by atoms with Crippen LogP contribution in [0.5, 0.6) is 0 Å². The van der Waals surface area contributed by atoms with E-state index < -0.39 is 9.84 Å². The fraction of sp³-hybridized carbons (Fsp3) is 0.333. The largest absolute Gasteiger partial charge is 0.330 e. The lowest BCUT2D eigenvalue weighted by Gasteiger charge is -2.01. The molecule has 1 rings (SSSR count). The van der Waals surface area contributed by atoms with Crippen LogP contribution in [-0.4, -0.2) is 21.2 Å². The number of hydrogen-bond donors (Lipinski definition) is 1. The topological polar surface area (TPSA) is 60.2 Å². The van der Waals surface area contributed by atoms with Gasteiger partial charge in [-0.1, -0.05) is 12.1 Å². The number of rotatable bonds is 3. The molecule has 0 amide bonds. The Labute approximate surface area is 90.6 Å². The third-order valence-corrected chi connectivity index (χ3v) is 2.87. The molecule has 0 radical (unpaired) electrons. The van der Waals surface area contributed by atoms with Gasteiger partial charge >= 0.3 is 0 Å². The van der Waals surface area contributed by atoms with Gasteiger partial charge < -0.3 is 5.73 Å². The van der Waals surface area contributed by atoms with Crippen molar-refractivity contribution in [3.63, 3.8) is 0 Å². The van der Waals surface area contributed by atoms with E-state index in [1.165, 1.54) is 6.26 Å². The van der Waals surface area contributed by atoms with E-state index in [2.05, 4.69) is 0 Å². The molecule has 2 N–H and O–H groups in total. The minimum Gasteiger partial charge on any atom is -0.330 e. The number of benzene rings is 1. The van der Waals surface area contributed by atoms with Crippen LogP contribution in [0, 0.1) is 0 Å². The summed E-state index contributed by atoms with van der Waals surface area (Å²) >= 11 is 0. The minimum absolute atomic E-state index is 0. The average Bonchev–Trinajstić information content (AvgIpc) is 2.04. The molecule has 1 aromatic carbocycles. The van der Waals surface area contributed by atoms with Gasteiger partial charge in [0.1, 0.15) is 0 Å². The summed E-state index contributed by atoms with van der Waals surface area (Å²) in [6, 6.07) is 6.88. The van der Waals surface area contributed by atoms with Gasteiger partial charge in [-0.25, -0.2) is 8.42 Å². The van der Waals surface area contributed by atoms with E-state index in [-0.39, 0.29) is 12.4 Å². The highest BCUT2D eigenvalue weighted by Gasteiger charge is 2.06. The van der Waals surface area contributed by atoms with E-state index >= 15 is 0 Å². The van der Waals surface area contributed by atoms with E-state index in [1.54, 1.807) is 18.2 Å². The Bertz CT molecular complexity index is 390. The van der Waals surface area contributed by atoms with Crippen molar-refractivity contribution >= 4 is 22.2 Å². The molecule has 14 heavy (non-hydrogen) atoms. The van der Waals surface area contributed by atoms with Gasteiger partial charge in [0.05, 0.1) is 4.90 Å². The van der Waals surface area contributed by atoms with Crippen LogP contribution >= 0.6 is 12.4 Å². The Morgan fingerprint density at radius 1 is 1.36 bits per heavy atom. The maximum Gasteiger partial charge on any atom is 0.175 e. The molecule has 0 heterocycles. The first kappa shape index (κ1) is 13.4. The highest BCUT2D eigenvalue weighted by Crippen LogP contribution is 2.11. The van der Waals surface area contributed by atoms with Crippen molar-refractivity contribution in [2.75, 3.05) is 12.8 Å². The Morgan fingerprint density at radius 2 is 2.00 bits per heavy atom. The molecular formula is C9H14ClNO2S. The molecule has 1 aromatic rings. The van der Waals surface area contributed by atoms with E-state index in [0.717, 1.165) is 5.56 Å². The normalized spacial score (nSPS) is 10.7. The van der Waals surface area contributed by atoms with Crippen molar-refractivity contribution in [2.24, 2.45) is 5.73 Å². The van der Waals surface area contributed by atoms with Gasteiger partial charge in [-0.3, -0.25) is 0 Å². The summed E-state index contributed by atoms with van der Waals surface area (Å²) in [4.78, 5) is 0.360. The van der Waals surface area contributed by atoms with Crippen molar-refractivity contribution in [3.8, 4) is 0 Å². The highest BCUT2D eigenvalue weighted by molar-refractivity contribution is 7.90. The lowest BCUT2D eigenvalue weighted by atomic mass is 10.2. The van der Waals surface area contributed by atoms with Crippen LogP contribution in [0.2, 0.25) is 0 Å². The number of nitrogens with two attached hydrogens (primary N) is 1. The molecule has 0 aliphatic heterocycles. The van der Waals surface area contributed by atoms with Crippen LogP contribution < -0.4 is 5.73 Å². The SMILES string of the molecule is CS(=O)(=O)c1cccc(CCN)c1.Cl. The molecule has 3 nitrogen and oxygen atoms in total. The van der Waals surface area contributed by atoms with E-state index in [4.69, 9.17) is 5.73 Å². The van der Waals surface area contributed by atoms with Gasteiger partial charge in [0.25, 0.3) is 0 Å². The maximum atomic E-state index is 11.2. The van der Waals surface area contributed by atoms with Crippen molar-refractivity contribution in [3.05, 3.63) is 29.8 Å². The quantitative estimate of drug-likeness (QED) is 0.851. The number of hydrogen-bond acceptors (Lipinski definition) is 3. The molecule has 80 valence electrons. The summed E-state index contributed by atoms with van der Waals surface area (Å²) in [6.07, 6.45) is 1.91. The number of sulfone groups is 1. The monoisotopic (exact) mass is 235 g/mol. The third kappa shape index (κ3) is 3.65. The molecule has 0 unspecified atom stereocenters. The first-order valence-electron chi connectivity index (χ1n) is 4.03. The average molecular weight is 236 g/mol. The smallest absolute Gasteiger partial charge is 0.175 e. The zero-order valence-corrected chi connectivity index (χ0v) is 9.57. The molecular weight excluding hydrogens is 222 g/mol. The maximum absolute atomic E-state index is 11.2. The van der Waals surface area contributed by atoms with Crippen molar-refractivity contribution in [1.82, 2.24) is 0 Å². The van der Waals surface area contributed by atoms with Gasteiger partial charge in [0.15, 0.2) is 9.84 Å². The minimum atomic E-state index is -3.08. The van der Waals surface area contributed by atoms with E-state index in [1.807, 2.05) is 6.07 Å². The highest BCUT2D eigenvalue weighted by atomic mass is 35.5. The lowest BCUT2D eigenvalue weighted by molar-refractivity contribution is 0.601. The first-order valence-corrected chi connectivity index (χ1v) is 5.92.